The fourth-order valence-corrected chi connectivity index (χ4v) is 1.32. The smallest absolute Gasteiger partial charge is 0.142 e. The van der Waals surface area contributed by atoms with Crippen LogP contribution in [0.1, 0.15) is 20.3 Å². The van der Waals surface area contributed by atoms with E-state index in [2.05, 4.69) is 5.32 Å². The maximum Gasteiger partial charge on any atom is 0.142 e. The molecule has 0 aliphatic carbocycles. The fraction of sp³-hybridized carbons (Fsp3) is 0.750. The van der Waals surface area contributed by atoms with E-state index in [1.165, 1.54) is 0 Å². The molecule has 1 fully saturated rings. The summed E-state index contributed by atoms with van der Waals surface area (Å²) in [6.07, 6.45) is 2.34. The molecular formula is C8H14FN. The highest BCUT2D eigenvalue weighted by Gasteiger charge is 2.30. The standard InChI is InChI=1S/C8H14FN/c1-7(2)5-8(9)3-4-10-6-8/h5,10H,3-4,6H2,1-2H3. The highest BCUT2D eigenvalue weighted by atomic mass is 19.1. The van der Waals surface area contributed by atoms with Gasteiger partial charge >= 0.3 is 0 Å². The average Bonchev–Trinajstić information content (AvgIpc) is 2.12. The van der Waals surface area contributed by atoms with Crippen molar-refractivity contribution in [1.82, 2.24) is 5.32 Å². The van der Waals surface area contributed by atoms with E-state index in [1.54, 1.807) is 6.08 Å². The maximum absolute atomic E-state index is 13.4. The zero-order chi connectivity index (χ0) is 7.61. The van der Waals surface area contributed by atoms with Crippen molar-refractivity contribution < 1.29 is 4.39 Å². The topological polar surface area (TPSA) is 12.0 Å². The van der Waals surface area contributed by atoms with Crippen molar-refractivity contribution in [1.29, 1.82) is 0 Å². The Morgan fingerprint density at radius 2 is 2.30 bits per heavy atom. The number of allylic oxidation sites excluding steroid dienone is 1. The second kappa shape index (κ2) is 2.70. The Balaban J connectivity index is 2.59. The third-order valence-electron chi connectivity index (χ3n) is 1.68. The molecule has 1 heterocycles. The van der Waals surface area contributed by atoms with Crippen molar-refractivity contribution in [3.05, 3.63) is 11.6 Å². The first-order valence-electron chi connectivity index (χ1n) is 3.68. The van der Waals surface area contributed by atoms with Gasteiger partial charge in [-0.2, -0.15) is 0 Å². The molecule has 0 saturated carbocycles. The normalized spacial score (nSPS) is 32.3. The van der Waals surface area contributed by atoms with Gasteiger partial charge in [0, 0.05) is 6.54 Å². The van der Waals surface area contributed by atoms with Gasteiger partial charge in [0.25, 0.3) is 0 Å². The van der Waals surface area contributed by atoms with Gasteiger partial charge in [0.1, 0.15) is 5.67 Å². The first kappa shape index (κ1) is 7.73. The molecule has 1 rings (SSSR count). The van der Waals surface area contributed by atoms with Gasteiger partial charge in [-0.25, -0.2) is 4.39 Å². The summed E-state index contributed by atoms with van der Waals surface area (Å²) >= 11 is 0. The molecule has 1 saturated heterocycles. The average molecular weight is 143 g/mol. The van der Waals surface area contributed by atoms with Crippen molar-refractivity contribution in [2.45, 2.75) is 25.9 Å². The molecule has 2 heteroatoms. The SMILES string of the molecule is CC(C)=CC1(F)CCNC1. The van der Waals surface area contributed by atoms with Crippen LogP contribution in [0.25, 0.3) is 0 Å². The highest BCUT2D eigenvalue weighted by Crippen LogP contribution is 2.22. The van der Waals surface area contributed by atoms with E-state index >= 15 is 0 Å². The van der Waals surface area contributed by atoms with Crippen LogP contribution in [0, 0.1) is 0 Å². The zero-order valence-corrected chi connectivity index (χ0v) is 6.58. The van der Waals surface area contributed by atoms with Crippen molar-refractivity contribution in [3.8, 4) is 0 Å². The molecule has 10 heavy (non-hydrogen) atoms. The highest BCUT2D eigenvalue weighted by molar-refractivity contribution is 5.10. The molecule has 0 aromatic carbocycles. The van der Waals surface area contributed by atoms with Gasteiger partial charge in [-0.15, -0.1) is 0 Å². The van der Waals surface area contributed by atoms with Gasteiger partial charge in [0.05, 0.1) is 0 Å². The van der Waals surface area contributed by atoms with Crippen LogP contribution in [0.3, 0.4) is 0 Å². The number of nitrogens with one attached hydrogen (secondary N) is 1. The summed E-state index contributed by atoms with van der Waals surface area (Å²) in [5.41, 5.74) is 0.00458. The molecule has 0 bridgehead atoms. The molecule has 1 atom stereocenters. The maximum atomic E-state index is 13.4. The van der Waals surface area contributed by atoms with E-state index < -0.39 is 5.67 Å². The molecule has 1 nitrogen and oxygen atoms in total. The Kier molecular flexibility index (Phi) is 2.09. The molecular weight excluding hydrogens is 129 g/mol. The lowest BCUT2D eigenvalue weighted by Crippen LogP contribution is -2.23. The molecule has 1 aliphatic rings. The number of alkyl halides is 1. The van der Waals surface area contributed by atoms with Crippen LogP contribution >= 0.6 is 0 Å². The first-order valence-corrected chi connectivity index (χ1v) is 3.68. The van der Waals surface area contributed by atoms with E-state index in [4.69, 9.17) is 0 Å². The number of halogens is 1. The zero-order valence-electron chi connectivity index (χ0n) is 6.58. The fourth-order valence-electron chi connectivity index (χ4n) is 1.32. The molecule has 1 N–H and O–H groups in total. The van der Waals surface area contributed by atoms with Gasteiger partial charge in [-0.05, 0) is 32.9 Å². The van der Waals surface area contributed by atoms with Crippen LogP contribution in [0.15, 0.2) is 11.6 Å². The van der Waals surface area contributed by atoms with Crippen molar-refractivity contribution in [3.63, 3.8) is 0 Å². The molecule has 0 aromatic heterocycles. The Bertz CT molecular complexity index is 141. The molecule has 1 unspecified atom stereocenters. The molecule has 58 valence electrons. The summed E-state index contributed by atoms with van der Waals surface area (Å²) in [4.78, 5) is 0. The van der Waals surface area contributed by atoms with Gasteiger partial charge in [-0.1, -0.05) is 5.57 Å². The summed E-state index contributed by atoms with van der Waals surface area (Å²) < 4.78 is 13.4. The molecule has 0 spiro atoms. The Morgan fingerprint density at radius 3 is 2.70 bits per heavy atom. The van der Waals surface area contributed by atoms with Gasteiger partial charge < -0.3 is 5.32 Å². The Morgan fingerprint density at radius 1 is 1.60 bits per heavy atom. The lowest BCUT2D eigenvalue weighted by Gasteiger charge is -2.12. The van der Waals surface area contributed by atoms with Crippen molar-refractivity contribution in [2.75, 3.05) is 13.1 Å². The lowest BCUT2D eigenvalue weighted by atomic mass is 10.0. The molecule has 0 radical (unpaired) electrons. The summed E-state index contributed by atoms with van der Waals surface area (Å²) in [6.45, 7) is 5.15. The van der Waals surface area contributed by atoms with Gasteiger partial charge in [-0.3, -0.25) is 0 Å². The number of rotatable bonds is 1. The van der Waals surface area contributed by atoms with Crippen LogP contribution in [-0.4, -0.2) is 18.8 Å². The second-order valence-corrected chi connectivity index (χ2v) is 3.18. The van der Waals surface area contributed by atoms with E-state index in [0.29, 0.717) is 13.0 Å². The summed E-state index contributed by atoms with van der Waals surface area (Å²) in [7, 11) is 0. The quantitative estimate of drug-likeness (QED) is 0.550. The van der Waals surface area contributed by atoms with E-state index in [0.717, 1.165) is 12.1 Å². The van der Waals surface area contributed by atoms with Gasteiger partial charge in [0.15, 0.2) is 0 Å². The third kappa shape index (κ3) is 1.81. The lowest BCUT2D eigenvalue weighted by molar-refractivity contribution is 0.257. The number of hydrogen-bond acceptors (Lipinski definition) is 1. The second-order valence-electron chi connectivity index (χ2n) is 3.18. The van der Waals surface area contributed by atoms with Crippen LogP contribution in [0.4, 0.5) is 4.39 Å². The Labute approximate surface area is 61.3 Å². The molecule has 0 aromatic rings. The summed E-state index contributed by atoms with van der Waals surface area (Å²) in [6, 6.07) is 0. The predicted molar refractivity (Wildman–Crippen MR) is 40.8 cm³/mol. The summed E-state index contributed by atoms with van der Waals surface area (Å²) in [5.74, 6) is 0. The Hall–Kier alpha value is -0.370. The largest absolute Gasteiger partial charge is 0.313 e. The van der Waals surface area contributed by atoms with Crippen molar-refractivity contribution >= 4 is 0 Å². The molecule has 0 amide bonds. The monoisotopic (exact) mass is 143 g/mol. The van der Waals surface area contributed by atoms with Crippen LogP contribution in [-0.2, 0) is 0 Å². The predicted octanol–water partition coefficient (Wildman–Crippen LogP) is 1.65. The van der Waals surface area contributed by atoms with Crippen molar-refractivity contribution in [2.24, 2.45) is 0 Å². The number of hydrogen-bond donors (Lipinski definition) is 1. The van der Waals surface area contributed by atoms with E-state index in [1.807, 2.05) is 13.8 Å². The van der Waals surface area contributed by atoms with Crippen LogP contribution < -0.4 is 5.32 Å². The first-order chi connectivity index (χ1) is 4.62. The van der Waals surface area contributed by atoms with Crippen LogP contribution in [0.2, 0.25) is 0 Å². The minimum absolute atomic E-state index is 0.484. The summed E-state index contributed by atoms with van der Waals surface area (Å²) in [5, 5.41) is 3.00. The molecule has 1 aliphatic heterocycles. The van der Waals surface area contributed by atoms with E-state index in [9.17, 15) is 4.39 Å². The third-order valence-corrected chi connectivity index (χ3v) is 1.68. The van der Waals surface area contributed by atoms with Crippen LogP contribution in [0.5, 0.6) is 0 Å². The minimum atomic E-state index is -1.06. The minimum Gasteiger partial charge on any atom is -0.313 e. The van der Waals surface area contributed by atoms with E-state index in [-0.39, 0.29) is 0 Å². The van der Waals surface area contributed by atoms with Gasteiger partial charge in [0.2, 0.25) is 0 Å².